The third-order valence-corrected chi connectivity index (χ3v) is 4.30. The number of hydrogen-bond donors (Lipinski definition) is 3. The van der Waals surface area contributed by atoms with Gasteiger partial charge in [-0.2, -0.15) is 0 Å². The summed E-state index contributed by atoms with van der Waals surface area (Å²) in [6.07, 6.45) is 1.53. The van der Waals surface area contributed by atoms with E-state index in [1.807, 2.05) is 54.6 Å². The van der Waals surface area contributed by atoms with Gasteiger partial charge in [-0.1, -0.05) is 24.3 Å². The van der Waals surface area contributed by atoms with E-state index in [9.17, 15) is 9.50 Å². The Balaban J connectivity index is 1.59. The molecular formula is C23H18FN3O2. The van der Waals surface area contributed by atoms with Gasteiger partial charge in [-0.3, -0.25) is 0 Å². The van der Waals surface area contributed by atoms with E-state index in [0.717, 1.165) is 16.7 Å². The van der Waals surface area contributed by atoms with Crippen LogP contribution in [-0.2, 0) is 0 Å². The number of phenolic OH excluding ortho intramolecular Hbond substituents is 1. The van der Waals surface area contributed by atoms with Crippen molar-refractivity contribution in [3.8, 4) is 17.2 Å². The van der Waals surface area contributed by atoms with Gasteiger partial charge in [-0.15, -0.1) is 0 Å². The number of rotatable bonds is 5. The van der Waals surface area contributed by atoms with E-state index in [-0.39, 0.29) is 0 Å². The van der Waals surface area contributed by atoms with Crippen LogP contribution in [0.15, 0.2) is 85.1 Å². The lowest BCUT2D eigenvalue weighted by atomic mass is 10.1. The summed E-state index contributed by atoms with van der Waals surface area (Å²) in [5, 5.41) is 13.0. The third kappa shape index (κ3) is 4.11. The van der Waals surface area contributed by atoms with E-state index in [1.165, 1.54) is 18.3 Å². The zero-order chi connectivity index (χ0) is 20.2. The molecule has 4 aromatic rings. The van der Waals surface area contributed by atoms with Crippen molar-refractivity contribution in [2.24, 2.45) is 5.73 Å². The molecule has 0 aliphatic carbocycles. The van der Waals surface area contributed by atoms with Crippen LogP contribution in [0.4, 0.5) is 10.1 Å². The van der Waals surface area contributed by atoms with Gasteiger partial charge in [0.05, 0.1) is 16.9 Å². The number of hydrogen-bond acceptors (Lipinski definition) is 5. The number of fused-ring (bicyclic) bond motifs is 1. The Labute approximate surface area is 166 Å². The topological polar surface area (TPSA) is 80.4 Å². The fourth-order valence-electron chi connectivity index (χ4n) is 2.82. The summed E-state index contributed by atoms with van der Waals surface area (Å²) in [4.78, 5) is 4.59. The minimum Gasteiger partial charge on any atom is -0.505 e. The molecule has 29 heavy (non-hydrogen) atoms. The van der Waals surface area contributed by atoms with Gasteiger partial charge >= 0.3 is 0 Å². The first-order valence-corrected chi connectivity index (χ1v) is 8.94. The molecular weight excluding hydrogens is 369 g/mol. The van der Waals surface area contributed by atoms with Gasteiger partial charge in [-0.25, -0.2) is 9.37 Å². The van der Waals surface area contributed by atoms with E-state index in [4.69, 9.17) is 10.5 Å². The SMILES string of the molecule is N/C(=C\Nc1ccc(O)c(F)c1)c1ccc2c(Oc3ccccc3)cccc2n1. The van der Waals surface area contributed by atoms with Gasteiger partial charge < -0.3 is 20.9 Å². The summed E-state index contributed by atoms with van der Waals surface area (Å²) >= 11 is 0. The Morgan fingerprint density at radius 3 is 2.62 bits per heavy atom. The predicted octanol–water partition coefficient (Wildman–Crippen LogP) is 5.24. The summed E-state index contributed by atoms with van der Waals surface area (Å²) in [6.45, 7) is 0. The number of phenols is 1. The minimum absolute atomic E-state index is 0.384. The highest BCUT2D eigenvalue weighted by molar-refractivity contribution is 5.86. The van der Waals surface area contributed by atoms with Crippen LogP contribution in [0.25, 0.3) is 16.6 Å². The van der Waals surface area contributed by atoms with Crippen molar-refractivity contribution < 1.29 is 14.2 Å². The summed E-state index contributed by atoms with van der Waals surface area (Å²) < 4.78 is 19.4. The molecule has 6 heteroatoms. The van der Waals surface area contributed by atoms with Crippen LogP contribution in [-0.4, -0.2) is 10.1 Å². The van der Waals surface area contributed by atoms with Crippen LogP contribution >= 0.6 is 0 Å². The largest absolute Gasteiger partial charge is 0.505 e. The summed E-state index contributed by atoms with van der Waals surface area (Å²) in [5.41, 5.74) is 8.28. The second-order valence-corrected chi connectivity index (χ2v) is 6.34. The first-order chi connectivity index (χ1) is 14.1. The molecule has 0 atom stereocenters. The average Bonchev–Trinajstić information content (AvgIpc) is 2.75. The quantitative estimate of drug-likeness (QED) is 0.408. The number of aromatic hydroxyl groups is 1. The molecule has 1 aromatic heterocycles. The highest BCUT2D eigenvalue weighted by atomic mass is 19.1. The molecule has 3 aromatic carbocycles. The predicted molar refractivity (Wildman–Crippen MR) is 112 cm³/mol. The maximum absolute atomic E-state index is 13.4. The van der Waals surface area contributed by atoms with Crippen molar-refractivity contribution in [3.05, 3.63) is 96.6 Å². The summed E-state index contributed by atoms with van der Waals surface area (Å²) in [5.74, 6) is 0.329. The third-order valence-electron chi connectivity index (χ3n) is 4.30. The van der Waals surface area contributed by atoms with Gasteiger partial charge in [0.2, 0.25) is 0 Å². The molecule has 0 fully saturated rings. The van der Waals surface area contributed by atoms with Crippen molar-refractivity contribution >= 4 is 22.3 Å². The number of anilines is 1. The molecule has 0 aliphatic heterocycles. The number of ether oxygens (including phenoxy) is 1. The molecule has 0 amide bonds. The smallest absolute Gasteiger partial charge is 0.166 e. The van der Waals surface area contributed by atoms with Crippen molar-refractivity contribution in [3.63, 3.8) is 0 Å². The van der Waals surface area contributed by atoms with Crippen molar-refractivity contribution in [1.82, 2.24) is 4.98 Å². The molecule has 4 N–H and O–H groups in total. The lowest BCUT2D eigenvalue weighted by Crippen LogP contribution is -2.03. The second kappa shape index (κ2) is 7.90. The molecule has 0 unspecified atom stereocenters. The molecule has 0 saturated heterocycles. The fraction of sp³-hybridized carbons (Fsp3) is 0. The van der Waals surface area contributed by atoms with Gasteiger partial charge in [0, 0.05) is 23.3 Å². The number of benzene rings is 3. The van der Waals surface area contributed by atoms with Crippen LogP contribution in [0.5, 0.6) is 17.2 Å². The Morgan fingerprint density at radius 2 is 1.83 bits per heavy atom. The molecule has 0 saturated carbocycles. The van der Waals surface area contributed by atoms with Gasteiger partial charge in [0.15, 0.2) is 11.6 Å². The number of para-hydroxylation sites is 1. The Hall–Kier alpha value is -4.06. The normalized spacial score (nSPS) is 11.4. The van der Waals surface area contributed by atoms with Gasteiger partial charge in [0.25, 0.3) is 0 Å². The zero-order valence-electron chi connectivity index (χ0n) is 15.3. The molecule has 0 bridgehead atoms. The molecule has 5 nitrogen and oxygen atoms in total. The molecule has 0 spiro atoms. The van der Waals surface area contributed by atoms with Gasteiger partial charge in [0.1, 0.15) is 11.5 Å². The van der Waals surface area contributed by atoms with Crippen molar-refractivity contribution in [1.29, 1.82) is 0 Å². The zero-order valence-corrected chi connectivity index (χ0v) is 15.3. The van der Waals surface area contributed by atoms with E-state index in [1.54, 1.807) is 12.1 Å². The number of nitrogens with zero attached hydrogens (tertiary/aromatic N) is 1. The van der Waals surface area contributed by atoms with Crippen LogP contribution in [0.1, 0.15) is 5.69 Å². The highest BCUT2D eigenvalue weighted by Gasteiger charge is 2.07. The van der Waals surface area contributed by atoms with E-state index < -0.39 is 11.6 Å². The fourth-order valence-corrected chi connectivity index (χ4v) is 2.82. The molecule has 0 aliphatic rings. The van der Waals surface area contributed by atoms with Crippen LogP contribution in [0.2, 0.25) is 0 Å². The van der Waals surface area contributed by atoms with E-state index >= 15 is 0 Å². The number of halogens is 1. The number of pyridine rings is 1. The molecule has 1 heterocycles. The van der Waals surface area contributed by atoms with E-state index in [0.29, 0.717) is 22.8 Å². The van der Waals surface area contributed by atoms with Crippen LogP contribution in [0, 0.1) is 5.82 Å². The minimum atomic E-state index is -0.711. The Morgan fingerprint density at radius 1 is 1.00 bits per heavy atom. The average molecular weight is 387 g/mol. The summed E-state index contributed by atoms with van der Waals surface area (Å²) in [6, 6.07) is 22.9. The maximum atomic E-state index is 13.4. The standard InChI is InChI=1S/C23H18FN3O2/c24-18-13-15(9-12-22(18)28)26-14-19(25)21-11-10-17-20(27-21)7-4-8-23(17)29-16-5-2-1-3-6-16/h1-14,26,28H,25H2/b19-14-. The maximum Gasteiger partial charge on any atom is 0.166 e. The van der Waals surface area contributed by atoms with Crippen molar-refractivity contribution in [2.75, 3.05) is 5.32 Å². The second-order valence-electron chi connectivity index (χ2n) is 6.34. The Kier molecular flexibility index (Phi) is 4.99. The highest BCUT2D eigenvalue weighted by Crippen LogP contribution is 2.29. The monoisotopic (exact) mass is 387 g/mol. The lowest BCUT2D eigenvalue weighted by Gasteiger charge is -2.10. The van der Waals surface area contributed by atoms with E-state index in [2.05, 4.69) is 10.3 Å². The van der Waals surface area contributed by atoms with Crippen molar-refractivity contribution in [2.45, 2.75) is 0 Å². The molecule has 4 rings (SSSR count). The Bertz CT molecular complexity index is 1190. The lowest BCUT2D eigenvalue weighted by molar-refractivity contribution is 0.432. The first kappa shape index (κ1) is 18.3. The number of aromatic nitrogens is 1. The molecule has 0 radical (unpaired) electrons. The number of nitrogens with two attached hydrogens (primary N) is 1. The summed E-state index contributed by atoms with van der Waals surface area (Å²) in [7, 11) is 0. The first-order valence-electron chi connectivity index (χ1n) is 8.94. The van der Waals surface area contributed by atoms with Crippen LogP contribution < -0.4 is 15.8 Å². The van der Waals surface area contributed by atoms with Gasteiger partial charge in [-0.05, 0) is 48.5 Å². The number of nitrogens with one attached hydrogen (secondary N) is 1. The molecule has 144 valence electrons. The van der Waals surface area contributed by atoms with Crippen LogP contribution in [0.3, 0.4) is 0 Å².